The van der Waals surface area contributed by atoms with Crippen LogP contribution in [0.15, 0.2) is 45.8 Å². The van der Waals surface area contributed by atoms with E-state index < -0.39 is 30.5 Å². The molecule has 0 saturated carbocycles. The SMILES string of the molecule is Cc1cccc(S(=O)(=O)C2(C)CCOC(C3=CC(S(=O)(=O)CC(C)(C)C)=NC3)C2)c1. The minimum Gasteiger partial charge on any atom is -0.374 e. The summed E-state index contributed by atoms with van der Waals surface area (Å²) >= 11 is 0. The number of aliphatic imine (C=N–C) groups is 1. The van der Waals surface area contributed by atoms with Crippen LogP contribution < -0.4 is 0 Å². The van der Waals surface area contributed by atoms with Gasteiger partial charge in [0.2, 0.25) is 0 Å². The summed E-state index contributed by atoms with van der Waals surface area (Å²) in [5.41, 5.74) is 1.25. The van der Waals surface area contributed by atoms with Crippen molar-refractivity contribution in [2.75, 3.05) is 18.9 Å². The monoisotopic (exact) mass is 453 g/mol. The van der Waals surface area contributed by atoms with Crippen molar-refractivity contribution in [2.24, 2.45) is 10.4 Å². The van der Waals surface area contributed by atoms with Crippen LogP contribution in [0.5, 0.6) is 0 Å². The van der Waals surface area contributed by atoms with Crippen LogP contribution in [0.3, 0.4) is 0 Å². The Morgan fingerprint density at radius 2 is 1.90 bits per heavy atom. The molecule has 0 aromatic heterocycles. The number of rotatable bonds is 4. The molecular formula is C22H31NO5S2. The van der Waals surface area contributed by atoms with E-state index in [2.05, 4.69) is 4.99 Å². The molecule has 0 amide bonds. The largest absolute Gasteiger partial charge is 0.374 e. The van der Waals surface area contributed by atoms with E-state index >= 15 is 0 Å². The summed E-state index contributed by atoms with van der Waals surface area (Å²) in [5.74, 6) is 0.00753. The van der Waals surface area contributed by atoms with Crippen molar-refractivity contribution in [2.45, 2.75) is 63.2 Å². The predicted molar refractivity (Wildman–Crippen MR) is 119 cm³/mol. The molecule has 30 heavy (non-hydrogen) atoms. The minimum absolute atomic E-state index is 0.00753. The zero-order valence-corrected chi connectivity index (χ0v) is 19.9. The van der Waals surface area contributed by atoms with Gasteiger partial charge >= 0.3 is 0 Å². The third-order valence-electron chi connectivity index (χ3n) is 5.60. The Kier molecular flexibility index (Phi) is 6.08. The smallest absolute Gasteiger partial charge is 0.195 e. The lowest BCUT2D eigenvalue weighted by atomic mass is 9.92. The highest BCUT2D eigenvalue weighted by Crippen LogP contribution is 2.39. The zero-order valence-electron chi connectivity index (χ0n) is 18.3. The summed E-state index contributed by atoms with van der Waals surface area (Å²) in [6.45, 7) is 9.77. The molecular weight excluding hydrogens is 422 g/mol. The Morgan fingerprint density at radius 1 is 1.20 bits per heavy atom. The van der Waals surface area contributed by atoms with Gasteiger partial charge in [-0.25, -0.2) is 16.8 Å². The van der Waals surface area contributed by atoms with Gasteiger partial charge in [0.05, 0.1) is 28.0 Å². The molecule has 0 bridgehead atoms. The average molecular weight is 454 g/mol. The molecule has 1 aromatic rings. The fourth-order valence-electron chi connectivity index (χ4n) is 3.97. The predicted octanol–water partition coefficient (Wildman–Crippen LogP) is 3.51. The van der Waals surface area contributed by atoms with Crippen molar-refractivity contribution in [3.8, 4) is 0 Å². The summed E-state index contributed by atoms with van der Waals surface area (Å²) in [4.78, 5) is 4.55. The first-order valence-corrected chi connectivity index (χ1v) is 13.3. The number of ether oxygens (including phenoxy) is 1. The number of nitrogens with zero attached hydrogens (tertiary/aromatic N) is 1. The molecule has 166 valence electrons. The molecule has 0 radical (unpaired) electrons. The van der Waals surface area contributed by atoms with E-state index in [0.29, 0.717) is 17.9 Å². The Labute approximate surface area is 180 Å². The lowest BCUT2D eigenvalue weighted by molar-refractivity contribution is 0.0236. The van der Waals surface area contributed by atoms with Crippen LogP contribution >= 0.6 is 0 Å². The highest BCUT2D eigenvalue weighted by molar-refractivity contribution is 8.06. The Bertz CT molecular complexity index is 1090. The van der Waals surface area contributed by atoms with Crippen LogP contribution in [0, 0.1) is 12.3 Å². The normalized spacial score (nSPS) is 25.7. The molecule has 0 spiro atoms. The zero-order chi connectivity index (χ0) is 22.4. The number of aryl methyl sites for hydroxylation is 1. The van der Waals surface area contributed by atoms with Crippen molar-refractivity contribution >= 4 is 24.7 Å². The molecule has 3 rings (SSSR count). The van der Waals surface area contributed by atoms with Crippen LogP contribution in [0.1, 0.15) is 46.1 Å². The molecule has 2 aliphatic heterocycles. The maximum atomic E-state index is 13.4. The Morgan fingerprint density at radius 3 is 2.53 bits per heavy atom. The quantitative estimate of drug-likeness (QED) is 0.696. The Balaban J connectivity index is 1.83. The molecule has 2 aliphatic rings. The molecule has 1 aromatic carbocycles. The number of benzene rings is 1. The van der Waals surface area contributed by atoms with Crippen molar-refractivity contribution in [3.63, 3.8) is 0 Å². The average Bonchev–Trinajstić information content (AvgIpc) is 3.11. The molecule has 2 atom stereocenters. The van der Waals surface area contributed by atoms with Gasteiger partial charge in [-0.05, 0) is 61.4 Å². The highest BCUT2D eigenvalue weighted by atomic mass is 32.2. The van der Waals surface area contributed by atoms with E-state index in [-0.39, 0.29) is 29.2 Å². The molecule has 1 fully saturated rings. The second-order valence-electron chi connectivity index (χ2n) is 9.78. The molecule has 0 aliphatic carbocycles. The summed E-state index contributed by atoms with van der Waals surface area (Å²) in [6.07, 6.45) is 1.78. The lowest BCUT2D eigenvalue weighted by Gasteiger charge is -2.38. The van der Waals surface area contributed by atoms with Gasteiger partial charge in [0.15, 0.2) is 24.7 Å². The first-order valence-electron chi connectivity index (χ1n) is 10.1. The highest BCUT2D eigenvalue weighted by Gasteiger charge is 2.46. The van der Waals surface area contributed by atoms with Crippen molar-refractivity contribution in [3.05, 3.63) is 41.5 Å². The van der Waals surface area contributed by atoms with Crippen LogP contribution in [-0.4, -0.2) is 51.6 Å². The summed E-state index contributed by atoms with van der Waals surface area (Å²) in [7, 11) is -7.07. The standard InChI is InChI=1S/C22H31NO5S2/c1-16-7-6-8-18(11-16)30(26,27)22(5)9-10-28-19(13-22)17-12-20(23-14-17)29(24,25)15-21(2,3)4/h6-8,11-12,19H,9-10,13-15H2,1-5H3. The molecule has 8 heteroatoms. The van der Waals surface area contributed by atoms with E-state index in [4.69, 9.17) is 4.74 Å². The van der Waals surface area contributed by atoms with Gasteiger partial charge in [0, 0.05) is 6.61 Å². The third-order valence-corrected chi connectivity index (χ3v) is 10.3. The van der Waals surface area contributed by atoms with Gasteiger partial charge in [-0.3, -0.25) is 4.99 Å². The van der Waals surface area contributed by atoms with Gasteiger partial charge in [-0.15, -0.1) is 0 Å². The van der Waals surface area contributed by atoms with Crippen LogP contribution in [0.4, 0.5) is 0 Å². The van der Waals surface area contributed by atoms with Crippen molar-refractivity contribution < 1.29 is 21.6 Å². The summed E-state index contributed by atoms with van der Waals surface area (Å²) in [5, 5.41) is 0.0739. The molecule has 2 unspecified atom stereocenters. The molecule has 2 heterocycles. The van der Waals surface area contributed by atoms with E-state index in [0.717, 1.165) is 11.1 Å². The first-order chi connectivity index (χ1) is 13.7. The maximum absolute atomic E-state index is 13.4. The number of hydrogen-bond donors (Lipinski definition) is 0. The van der Waals surface area contributed by atoms with Crippen LogP contribution in [0.2, 0.25) is 0 Å². The van der Waals surface area contributed by atoms with Crippen LogP contribution in [0.25, 0.3) is 0 Å². The molecule has 1 saturated heterocycles. The van der Waals surface area contributed by atoms with E-state index in [1.165, 1.54) is 0 Å². The van der Waals surface area contributed by atoms with Crippen molar-refractivity contribution in [1.82, 2.24) is 0 Å². The van der Waals surface area contributed by atoms with Crippen LogP contribution in [-0.2, 0) is 24.4 Å². The van der Waals surface area contributed by atoms with Gasteiger partial charge in [0.25, 0.3) is 0 Å². The second kappa shape index (κ2) is 7.88. The third kappa shape index (κ3) is 4.70. The topological polar surface area (TPSA) is 89.9 Å². The summed E-state index contributed by atoms with van der Waals surface area (Å²) in [6, 6.07) is 6.95. The van der Waals surface area contributed by atoms with E-state index in [1.807, 2.05) is 33.8 Å². The molecule has 6 nitrogen and oxygen atoms in total. The molecule has 0 N–H and O–H groups in total. The summed E-state index contributed by atoms with van der Waals surface area (Å²) < 4.78 is 57.0. The fourth-order valence-corrected chi connectivity index (χ4v) is 7.74. The minimum atomic E-state index is -3.58. The van der Waals surface area contributed by atoms with Crippen molar-refractivity contribution in [1.29, 1.82) is 0 Å². The van der Waals surface area contributed by atoms with Gasteiger partial charge in [-0.1, -0.05) is 32.9 Å². The van der Waals surface area contributed by atoms with Gasteiger partial charge in [0.1, 0.15) is 0 Å². The fraction of sp³-hybridized carbons (Fsp3) is 0.591. The van der Waals surface area contributed by atoms with E-state index in [1.54, 1.807) is 31.2 Å². The Hall–Kier alpha value is -1.51. The number of hydrogen-bond acceptors (Lipinski definition) is 6. The first kappa shape index (κ1) is 23.2. The van der Waals surface area contributed by atoms with Gasteiger partial charge in [-0.2, -0.15) is 0 Å². The number of sulfone groups is 2. The maximum Gasteiger partial charge on any atom is 0.195 e. The lowest BCUT2D eigenvalue weighted by Crippen LogP contribution is -2.45. The second-order valence-corrected chi connectivity index (χ2v) is 14.2. The van der Waals surface area contributed by atoms with Gasteiger partial charge < -0.3 is 4.74 Å². The van der Waals surface area contributed by atoms with E-state index in [9.17, 15) is 16.8 Å².